The van der Waals surface area contributed by atoms with E-state index in [1.165, 1.54) is 19.3 Å². The predicted molar refractivity (Wildman–Crippen MR) is 87.5 cm³/mol. The average molecular weight is 316 g/mol. The molecule has 2 amide bonds. The van der Waals surface area contributed by atoms with Crippen LogP contribution in [0.15, 0.2) is 18.2 Å². The minimum atomic E-state index is -0.430. The largest absolute Gasteiger partial charge is 0.392 e. The summed E-state index contributed by atoms with van der Waals surface area (Å²) >= 11 is 0. The maximum absolute atomic E-state index is 11.9. The molecule has 2 atom stereocenters. The van der Waals surface area contributed by atoms with Gasteiger partial charge >= 0.3 is 0 Å². The summed E-state index contributed by atoms with van der Waals surface area (Å²) in [5, 5.41) is 16.3. The number of hydrogen-bond donors (Lipinski definition) is 3. The summed E-state index contributed by atoms with van der Waals surface area (Å²) in [4.78, 5) is 23.5. The van der Waals surface area contributed by atoms with Crippen LogP contribution in [0, 0.1) is 5.92 Å². The molecule has 5 nitrogen and oxygen atoms in total. The Morgan fingerprint density at radius 1 is 1.17 bits per heavy atom. The van der Waals surface area contributed by atoms with Gasteiger partial charge < -0.3 is 10.4 Å². The monoisotopic (exact) mass is 316 g/mol. The molecule has 5 heteroatoms. The van der Waals surface area contributed by atoms with Gasteiger partial charge in [-0.25, -0.2) is 0 Å². The molecule has 3 rings (SSSR count). The number of hydrogen-bond acceptors (Lipinski definition) is 4. The van der Waals surface area contributed by atoms with Crippen molar-refractivity contribution < 1.29 is 14.7 Å². The van der Waals surface area contributed by atoms with Crippen LogP contribution >= 0.6 is 0 Å². The quantitative estimate of drug-likeness (QED) is 0.724. The molecule has 23 heavy (non-hydrogen) atoms. The molecule has 1 aromatic carbocycles. The van der Waals surface area contributed by atoms with E-state index in [1.54, 1.807) is 12.1 Å². The first kappa shape index (κ1) is 16.1. The lowest BCUT2D eigenvalue weighted by atomic mass is 9.78. The molecule has 1 aliphatic carbocycles. The minimum absolute atomic E-state index is 0.0723. The second-order valence-corrected chi connectivity index (χ2v) is 6.64. The van der Waals surface area contributed by atoms with Gasteiger partial charge in [-0.05, 0) is 43.5 Å². The zero-order valence-corrected chi connectivity index (χ0v) is 13.5. The Bertz CT molecular complexity index is 608. The van der Waals surface area contributed by atoms with Crippen LogP contribution in [0.5, 0.6) is 0 Å². The van der Waals surface area contributed by atoms with Gasteiger partial charge in [-0.15, -0.1) is 0 Å². The van der Waals surface area contributed by atoms with Crippen molar-refractivity contribution >= 4 is 11.8 Å². The van der Waals surface area contributed by atoms with E-state index in [0.29, 0.717) is 23.6 Å². The highest BCUT2D eigenvalue weighted by Gasteiger charge is 2.32. The van der Waals surface area contributed by atoms with E-state index in [2.05, 4.69) is 10.6 Å². The Kier molecular flexibility index (Phi) is 4.78. The Labute approximate surface area is 136 Å². The molecule has 0 bridgehead atoms. The molecule has 1 aromatic rings. The van der Waals surface area contributed by atoms with Crippen LogP contribution in [0.2, 0.25) is 0 Å². The number of aliphatic hydroxyl groups is 1. The minimum Gasteiger partial charge on any atom is -0.392 e. The molecule has 1 saturated carbocycles. The second-order valence-electron chi connectivity index (χ2n) is 6.64. The van der Waals surface area contributed by atoms with Crippen molar-refractivity contribution in [1.82, 2.24) is 10.6 Å². The molecule has 2 aliphatic rings. The number of carbonyl (C=O) groups excluding carboxylic acids is 2. The summed E-state index contributed by atoms with van der Waals surface area (Å²) in [5.74, 6) is -0.445. The van der Waals surface area contributed by atoms with E-state index in [4.69, 9.17) is 0 Å². The molecule has 1 fully saturated rings. The number of fused-ring (bicyclic) bond motifs is 1. The number of aliphatic hydroxyl groups excluding tert-OH is 1. The van der Waals surface area contributed by atoms with Crippen LogP contribution in [0.1, 0.15) is 64.3 Å². The van der Waals surface area contributed by atoms with Crippen LogP contribution in [0.3, 0.4) is 0 Å². The Balaban J connectivity index is 1.87. The first-order valence-electron chi connectivity index (χ1n) is 8.44. The Hall–Kier alpha value is -1.72. The third-order valence-electron chi connectivity index (χ3n) is 5.16. The first-order valence-corrected chi connectivity index (χ1v) is 8.44. The molecule has 0 spiro atoms. The van der Waals surface area contributed by atoms with Crippen molar-refractivity contribution in [3.05, 3.63) is 34.9 Å². The van der Waals surface area contributed by atoms with Gasteiger partial charge in [0.25, 0.3) is 11.8 Å². The predicted octanol–water partition coefficient (Wildman–Crippen LogP) is 1.81. The van der Waals surface area contributed by atoms with Gasteiger partial charge in [-0.2, -0.15) is 0 Å². The summed E-state index contributed by atoms with van der Waals surface area (Å²) in [7, 11) is 1.87. The lowest BCUT2D eigenvalue weighted by Crippen LogP contribution is -2.34. The third-order valence-corrected chi connectivity index (χ3v) is 5.16. The zero-order valence-electron chi connectivity index (χ0n) is 13.5. The molecule has 1 aliphatic heterocycles. The van der Waals surface area contributed by atoms with Crippen LogP contribution < -0.4 is 10.6 Å². The van der Waals surface area contributed by atoms with Gasteiger partial charge in [0.1, 0.15) is 0 Å². The van der Waals surface area contributed by atoms with Gasteiger partial charge in [0, 0.05) is 12.5 Å². The van der Waals surface area contributed by atoms with Crippen molar-refractivity contribution in [3.63, 3.8) is 0 Å². The molecular formula is C18H24N2O3. The van der Waals surface area contributed by atoms with Crippen LogP contribution in [-0.2, 0) is 0 Å². The molecule has 3 N–H and O–H groups in total. The van der Waals surface area contributed by atoms with E-state index >= 15 is 0 Å². The van der Waals surface area contributed by atoms with Crippen molar-refractivity contribution in [2.24, 2.45) is 5.92 Å². The van der Waals surface area contributed by atoms with Crippen LogP contribution in [-0.4, -0.2) is 36.6 Å². The van der Waals surface area contributed by atoms with Gasteiger partial charge in [0.05, 0.1) is 17.2 Å². The molecular weight excluding hydrogens is 292 g/mol. The molecule has 0 saturated heterocycles. The Morgan fingerprint density at radius 3 is 2.57 bits per heavy atom. The highest BCUT2D eigenvalue weighted by Crippen LogP contribution is 2.34. The smallest absolute Gasteiger partial charge is 0.258 e. The number of imide groups is 1. The van der Waals surface area contributed by atoms with E-state index in [0.717, 1.165) is 18.4 Å². The summed E-state index contributed by atoms with van der Waals surface area (Å²) in [6.45, 7) is 0.645. The molecule has 0 unspecified atom stereocenters. The number of nitrogens with one attached hydrogen (secondary N) is 2. The molecule has 1 heterocycles. The van der Waals surface area contributed by atoms with Crippen molar-refractivity contribution in [2.75, 3.05) is 13.6 Å². The number of rotatable bonds is 5. The lowest BCUT2D eigenvalue weighted by Gasteiger charge is -2.32. The molecule has 0 radical (unpaired) electrons. The Morgan fingerprint density at radius 2 is 1.87 bits per heavy atom. The van der Waals surface area contributed by atoms with E-state index < -0.39 is 6.10 Å². The number of likely N-dealkylation sites (N-methyl/N-ethyl adjacent to an activating group) is 1. The van der Waals surface area contributed by atoms with E-state index in [1.807, 2.05) is 13.1 Å². The molecule has 124 valence electrons. The maximum Gasteiger partial charge on any atom is 0.258 e. The summed E-state index contributed by atoms with van der Waals surface area (Å²) in [6, 6.07) is 5.33. The SMILES string of the molecule is CNC[C@@H](c1ccc2c(c1)C(=O)NC2=O)[C@@H](O)C1CCCCC1. The van der Waals surface area contributed by atoms with Crippen molar-refractivity contribution in [1.29, 1.82) is 0 Å². The van der Waals surface area contributed by atoms with Crippen LogP contribution in [0.25, 0.3) is 0 Å². The highest BCUT2D eigenvalue weighted by atomic mass is 16.3. The second kappa shape index (κ2) is 6.81. The fraction of sp³-hybridized carbons (Fsp3) is 0.556. The van der Waals surface area contributed by atoms with Gasteiger partial charge in [-0.3, -0.25) is 14.9 Å². The van der Waals surface area contributed by atoms with E-state index in [-0.39, 0.29) is 17.7 Å². The summed E-state index contributed by atoms with van der Waals surface area (Å²) in [5.41, 5.74) is 1.76. The average Bonchev–Trinajstić information content (AvgIpc) is 2.87. The zero-order chi connectivity index (χ0) is 16.4. The van der Waals surface area contributed by atoms with Gasteiger partial charge in [0.2, 0.25) is 0 Å². The first-order chi connectivity index (χ1) is 11.1. The van der Waals surface area contributed by atoms with Gasteiger partial charge in [0.15, 0.2) is 0 Å². The standard InChI is InChI=1S/C18H24N2O3/c1-19-10-15(16(21)11-5-3-2-4-6-11)12-7-8-13-14(9-12)18(23)20-17(13)22/h7-9,11,15-16,19,21H,2-6,10H2,1H3,(H,20,22,23)/t15-,16-/m0/s1. The summed E-state index contributed by atoms with van der Waals surface area (Å²) < 4.78 is 0. The lowest BCUT2D eigenvalue weighted by molar-refractivity contribution is 0.0604. The van der Waals surface area contributed by atoms with Gasteiger partial charge in [-0.1, -0.05) is 25.3 Å². The third kappa shape index (κ3) is 3.16. The fourth-order valence-electron chi connectivity index (χ4n) is 3.88. The number of amides is 2. The number of benzene rings is 1. The van der Waals surface area contributed by atoms with Crippen LogP contribution in [0.4, 0.5) is 0 Å². The van der Waals surface area contributed by atoms with E-state index in [9.17, 15) is 14.7 Å². The summed E-state index contributed by atoms with van der Waals surface area (Å²) in [6.07, 6.45) is 5.29. The molecule has 0 aromatic heterocycles. The topological polar surface area (TPSA) is 78.4 Å². The van der Waals surface area contributed by atoms with Crippen molar-refractivity contribution in [2.45, 2.75) is 44.1 Å². The number of carbonyl (C=O) groups is 2. The highest BCUT2D eigenvalue weighted by molar-refractivity contribution is 6.21. The van der Waals surface area contributed by atoms with Crippen molar-refractivity contribution in [3.8, 4) is 0 Å². The fourth-order valence-corrected chi connectivity index (χ4v) is 3.88. The normalized spacial score (nSPS) is 21.0. The maximum atomic E-state index is 11.9.